The summed E-state index contributed by atoms with van der Waals surface area (Å²) in [4.78, 5) is 14.1. The minimum atomic E-state index is -0.822. The molecule has 0 bridgehead atoms. The zero-order valence-electron chi connectivity index (χ0n) is 12.3. The van der Waals surface area contributed by atoms with E-state index in [4.69, 9.17) is 11.6 Å². The van der Waals surface area contributed by atoms with Crippen molar-refractivity contribution in [2.24, 2.45) is 5.41 Å². The smallest absolute Gasteiger partial charge is 0.225 e. The number of benzene rings is 1. The van der Waals surface area contributed by atoms with Crippen molar-refractivity contribution in [3.63, 3.8) is 0 Å². The number of hydrogen-bond acceptors (Lipinski definition) is 3. The summed E-state index contributed by atoms with van der Waals surface area (Å²) in [6.45, 7) is 3.32. The second-order valence-electron chi connectivity index (χ2n) is 6.16. The second-order valence-corrected chi connectivity index (χ2v) is 6.60. The van der Waals surface area contributed by atoms with E-state index >= 15 is 0 Å². The Morgan fingerprint density at radius 1 is 1.43 bits per heavy atom. The fourth-order valence-electron chi connectivity index (χ4n) is 2.75. The van der Waals surface area contributed by atoms with Gasteiger partial charge in [-0.1, -0.05) is 30.7 Å². The first-order chi connectivity index (χ1) is 9.93. The van der Waals surface area contributed by atoms with Crippen LogP contribution in [0.5, 0.6) is 0 Å². The molecule has 1 heterocycles. The van der Waals surface area contributed by atoms with Gasteiger partial charge in [-0.2, -0.15) is 0 Å². The van der Waals surface area contributed by atoms with Gasteiger partial charge >= 0.3 is 0 Å². The molecule has 0 saturated carbocycles. The first kappa shape index (κ1) is 16.3. The molecule has 0 aromatic heterocycles. The predicted octanol–water partition coefficient (Wildman–Crippen LogP) is 2.38. The molecule has 1 fully saturated rings. The van der Waals surface area contributed by atoms with Gasteiger partial charge in [0, 0.05) is 23.5 Å². The van der Waals surface area contributed by atoms with Gasteiger partial charge in [-0.3, -0.25) is 4.79 Å². The lowest BCUT2D eigenvalue weighted by Crippen LogP contribution is -2.46. The molecule has 2 N–H and O–H groups in total. The first-order valence-electron chi connectivity index (χ1n) is 7.26. The van der Waals surface area contributed by atoms with Crippen molar-refractivity contribution in [1.82, 2.24) is 4.90 Å². The molecule has 1 saturated heterocycles. The summed E-state index contributed by atoms with van der Waals surface area (Å²) >= 11 is 5.81. The first-order valence-corrected chi connectivity index (χ1v) is 7.63. The van der Waals surface area contributed by atoms with Crippen LogP contribution in [0.15, 0.2) is 24.3 Å². The Kier molecular flexibility index (Phi) is 5.25. The summed E-state index contributed by atoms with van der Waals surface area (Å²) in [5.41, 5.74) is 0.466. The van der Waals surface area contributed by atoms with Crippen LogP contribution in [0, 0.1) is 5.41 Å². The number of halogens is 1. The standard InChI is InChI=1S/C16H22ClNO3/c1-16(11-19)7-2-8-18(10-16)15(21)9-14(20)12-3-5-13(17)6-4-12/h3-6,14,19-20H,2,7-11H2,1H3. The third-order valence-corrected chi connectivity index (χ3v) is 4.39. The van der Waals surface area contributed by atoms with Gasteiger partial charge in [-0.25, -0.2) is 0 Å². The minimum absolute atomic E-state index is 0.0587. The van der Waals surface area contributed by atoms with E-state index in [0.717, 1.165) is 12.8 Å². The molecule has 2 unspecified atom stereocenters. The Hall–Kier alpha value is -1.10. The third kappa shape index (κ3) is 4.19. The van der Waals surface area contributed by atoms with Crippen molar-refractivity contribution in [3.05, 3.63) is 34.9 Å². The molecule has 1 aromatic rings. The Morgan fingerprint density at radius 3 is 2.71 bits per heavy atom. The molecule has 0 radical (unpaired) electrons. The number of amides is 1. The third-order valence-electron chi connectivity index (χ3n) is 4.14. The lowest BCUT2D eigenvalue weighted by molar-refractivity contribution is -0.137. The van der Waals surface area contributed by atoms with Crippen LogP contribution >= 0.6 is 11.6 Å². The number of aliphatic hydroxyl groups is 2. The minimum Gasteiger partial charge on any atom is -0.396 e. The molecule has 1 amide bonds. The molecule has 4 nitrogen and oxygen atoms in total. The monoisotopic (exact) mass is 311 g/mol. The van der Waals surface area contributed by atoms with Crippen molar-refractivity contribution in [1.29, 1.82) is 0 Å². The lowest BCUT2D eigenvalue weighted by atomic mass is 9.82. The van der Waals surface area contributed by atoms with Gasteiger partial charge < -0.3 is 15.1 Å². The summed E-state index contributed by atoms with van der Waals surface area (Å²) in [5.74, 6) is -0.0724. The topological polar surface area (TPSA) is 60.8 Å². The molecule has 116 valence electrons. The maximum Gasteiger partial charge on any atom is 0.225 e. The molecule has 1 aliphatic rings. The van der Waals surface area contributed by atoms with Crippen molar-refractivity contribution in [3.8, 4) is 0 Å². The van der Waals surface area contributed by atoms with Gasteiger partial charge in [0.1, 0.15) is 0 Å². The van der Waals surface area contributed by atoms with Crippen molar-refractivity contribution < 1.29 is 15.0 Å². The number of piperidine rings is 1. The van der Waals surface area contributed by atoms with E-state index in [0.29, 0.717) is 23.7 Å². The van der Waals surface area contributed by atoms with Crippen LogP contribution in [0.2, 0.25) is 5.02 Å². The summed E-state index contributed by atoms with van der Waals surface area (Å²) in [6, 6.07) is 6.87. The highest BCUT2D eigenvalue weighted by Gasteiger charge is 2.33. The summed E-state index contributed by atoms with van der Waals surface area (Å²) in [6.07, 6.45) is 1.05. The molecule has 21 heavy (non-hydrogen) atoms. The number of likely N-dealkylation sites (tertiary alicyclic amines) is 1. The zero-order chi connectivity index (χ0) is 15.5. The number of rotatable bonds is 4. The van der Waals surface area contributed by atoms with Crippen LogP contribution in [0.25, 0.3) is 0 Å². The van der Waals surface area contributed by atoms with Gasteiger partial charge in [0.25, 0.3) is 0 Å². The largest absolute Gasteiger partial charge is 0.396 e. The van der Waals surface area contributed by atoms with Crippen LogP contribution in [-0.2, 0) is 4.79 Å². The summed E-state index contributed by atoms with van der Waals surface area (Å²) < 4.78 is 0. The average molecular weight is 312 g/mol. The second kappa shape index (κ2) is 6.77. The van der Waals surface area contributed by atoms with E-state index in [1.807, 2.05) is 6.92 Å². The van der Waals surface area contributed by atoms with Crippen LogP contribution in [0.1, 0.15) is 37.9 Å². The van der Waals surface area contributed by atoms with Crippen LogP contribution in [0.4, 0.5) is 0 Å². The Morgan fingerprint density at radius 2 is 2.10 bits per heavy atom. The molecule has 0 aliphatic carbocycles. The van der Waals surface area contributed by atoms with Gasteiger partial charge in [0.15, 0.2) is 0 Å². The number of carbonyl (C=O) groups is 1. The van der Waals surface area contributed by atoms with Gasteiger partial charge in [0.05, 0.1) is 19.1 Å². The summed E-state index contributed by atoms with van der Waals surface area (Å²) in [7, 11) is 0. The highest BCUT2D eigenvalue weighted by Crippen LogP contribution is 2.30. The molecule has 2 rings (SSSR count). The van der Waals surface area contributed by atoms with Gasteiger partial charge in [-0.15, -0.1) is 0 Å². The van der Waals surface area contributed by atoms with E-state index in [1.54, 1.807) is 29.2 Å². The Balaban J connectivity index is 1.96. The van der Waals surface area contributed by atoms with E-state index < -0.39 is 6.10 Å². The van der Waals surface area contributed by atoms with Crippen LogP contribution < -0.4 is 0 Å². The van der Waals surface area contributed by atoms with E-state index in [2.05, 4.69) is 0 Å². The Labute approximate surface area is 130 Å². The van der Waals surface area contributed by atoms with E-state index in [1.165, 1.54) is 0 Å². The van der Waals surface area contributed by atoms with Gasteiger partial charge in [0.2, 0.25) is 5.91 Å². The van der Waals surface area contributed by atoms with E-state index in [9.17, 15) is 15.0 Å². The van der Waals surface area contributed by atoms with Crippen molar-refractivity contribution in [2.45, 2.75) is 32.3 Å². The SMILES string of the molecule is CC1(CO)CCCN(C(=O)CC(O)c2ccc(Cl)cc2)C1. The maximum atomic E-state index is 12.3. The molecule has 5 heteroatoms. The average Bonchev–Trinajstić information content (AvgIpc) is 2.48. The Bertz CT molecular complexity index is 491. The van der Waals surface area contributed by atoms with Gasteiger partial charge in [-0.05, 0) is 30.5 Å². The van der Waals surface area contributed by atoms with Crippen molar-refractivity contribution >= 4 is 17.5 Å². The number of carbonyl (C=O) groups excluding carboxylic acids is 1. The molecule has 1 aliphatic heterocycles. The normalized spacial score (nSPS) is 23.9. The fourth-order valence-corrected chi connectivity index (χ4v) is 2.88. The molecular weight excluding hydrogens is 290 g/mol. The molecule has 1 aromatic carbocycles. The zero-order valence-corrected chi connectivity index (χ0v) is 13.0. The quantitative estimate of drug-likeness (QED) is 0.897. The van der Waals surface area contributed by atoms with Crippen molar-refractivity contribution in [2.75, 3.05) is 19.7 Å². The highest BCUT2D eigenvalue weighted by atomic mass is 35.5. The lowest BCUT2D eigenvalue weighted by Gasteiger charge is -2.39. The van der Waals surface area contributed by atoms with Crippen LogP contribution in [-0.4, -0.2) is 40.7 Å². The predicted molar refractivity (Wildman–Crippen MR) is 82.0 cm³/mol. The molecule has 0 spiro atoms. The maximum absolute atomic E-state index is 12.3. The molecular formula is C16H22ClNO3. The number of aliphatic hydroxyl groups excluding tert-OH is 2. The number of nitrogens with zero attached hydrogens (tertiary/aromatic N) is 1. The molecule has 2 atom stereocenters. The van der Waals surface area contributed by atoms with Crippen LogP contribution in [0.3, 0.4) is 0 Å². The van der Waals surface area contributed by atoms with E-state index in [-0.39, 0.29) is 24.3 Å². The fraction of sp³-hybridized carbons (Fsp3) is 0.562. The number of hydrogen-bond donors (Lipinski definition) is 2. The highest BCUT2D eigenvalue weighted by molar-refractivity contribution is 6.30. The summed E-state index contributed by atoms with van der Waals surface area (Å²) in [5, 5.41) is 20.2.